The van der Waals surface area contributed by atoms with E-state index in [1.807, 2.05) is 72.8 Å². The van der Waals surface area contributed by atoms with Gasteiger partial charge in [-0.15, -0.1) is 0 Å². The molecule has 6 rings (SSSR count). The second kappa shape index (κ2) is 8.83. The smallest absolute Gasteiger partial charge is 0.00268 e. The van der Waals surface area contributed by atoms with Gasteiger partial charge < -0.3 is 0 Å². The molecule has 0 heteroatoms. The maximum atomic E-state index is 2.21. The molecule has 0 fully saturated rings. The molecule has 6 aromatic rings. The topological polar surface area (TPSA) is 0 Å². The van der Waals surface area contributed by atoms with Crippen molar-refractivity contribution in [1.82, 2.24) is 0 Å². The highest BCUT2D eigenvalue weighted by Crippen LogP contribution is 2.33. The zero-order chi connectivity index (χ0) is 19.0. The molecule has 0 atom stereocenters. The summed E-state index contributed by atoms with van der Waals surface area (Å²) in [4.78, 5) is 0. The Labute approximate surface area is 166 Å². The van der Waals surface area contributed by atoms with Gasteiger partial charge in [0, 0.05) is 0 Å². The van der Waals surface area contributed by atoms with E-state index in [4.69, 9.17) is 0 Å². The van der Waals surface area contributed by atoms with Gasteiger partial charge in [-0.25, -0.2) is 0 Å². The Bertz CT molecular complexity index is 1020. The van der Waals surface area contributed by atoms with Crippen LogP contribution >= 0.6 is 0 Å². The summed E-state index contributed by atoms with van der Waals surface area (Å²) < 4.78 is 0. The summed E-state index contributed by atoms with van der Waals surface area (Å²) in [5.41, 5.74) is 0. The van der Waals surface area contributed by atoms with Crippen LogP contribution in [0.4, 0.5) is 0 Å². The molecule has 0 aliphatic rings. The third-order valence-corrected chi connectivity index (χ3v) is 4.73. The van der Waals surface area contributed by atoms with Gasteiger partial charge >= 0.3 is 0 Å². The monoisotopic (exact) mass is 358 g/mol. The van der Waals surface area contributed by atoms with Crippen LogP contribution < -0.4 is 0 Å². The van der Waals surface area contributed by atoms with Crippen molar-refractivity contribution in [3.05, 3.63) is 133 Å². The van der Waals surface area contributed by atoms with E-state index in [-0.39, 0.29) is 0 Å². The molecule has 0 spiro atoms. The van der Waals surface area contributed by atoms with Crippen molar-refractivity contribution in [3.63, 3.8) is 0 Å². The molecule has 0 aromatic heterocycles. The summed E-state index contributed by atoms with van der Waals surface area (Å²) >= 11 is 0. The highest BCUT2D eigenvalue weighted by molar-refractivity contribution is 6.22. The lowest BCUT2D eigenvalue weighted by atomic mass is 9.95. The zero-order valence-corrected chi connectivity index (χ0v) is 15.7. The molecule has 0 heterocycles. The van der Waals surface area contributed by atoms with Crippen LogP contribution in [0.2, 0.25) is 0 Å². The van der Waals surface area contributed by atoms with Gasteiger partial charge in [0.05, 0.1) is 0 Å². The van der Waals surface area contributed by atoms with E-state index in [2.05, 4.69) is 60.7 Å². The lowest BCUT2D eigenvalue weighted by Crippen LogP contribution is -1.82. The fourth-order valence-electron chi connectivity index (χ4n) is 3.44. The Hall–Kier alpha value is -3.64. The summed E-state index contributed by atoms with van der Waals surface area (Å²) in [6.07, 6.45) is 0. The van der Waals surface area contributed by atoms with Gasteiger partial charge in [0.25, 0.3) is 0 Å². The van der Waals surface area contributed by atoms with E-state index in [0.29, 0.717) is 0 Å². The molecule has 6 aromatic carbocycles. The number of hydrogen-bond donors (Lipinski definition) is 0. The molecule has 0 aliphatic heterocycles. The molecule has 0 saturated carbocycles. The highest BCUT2D eigenvalue weighted by Gasteiger charge is 2.05. The minimum Gasteiger partial charge on any atom is -0.0623 e. The highest BCUT2D eigenvalue weighted by atomic mass is 14.1. The Morgan fingerprint density at radius 3 is 0.643 bits per heavy atom. The van der Waals surface area contributed by atoms with E-state index < -0.39 is 0 Å². The van der Waals surface area contributed by atoms with Gasteiger partial charge in [0.1, 0.15) is 0 Å². The molecule has 0 saturated heterocycles. The van der Waals surface area contributed by atoms with Crippen LogP contribution in [0.15, 0.2) is 133 Å². The summed E-state index contributed by atoms with van der Waals surface area (Å²) in [5.74, 6) is 0. The van der Waals surface area contributed by atoms with Gasteiger partial charge in [-0.05, 0) is 32.3 Å². The largest absolute Gasteiger partial charge is 0.0623 e. The van der Waals surface area contributed by atoms with Crippen LogP contribution in [0.3, 0.4) is 0 Å². The predicted octanol–water partition coefficient (Wildman–Crippen LogP) is 7.96. The van der Waals surface area contributed by atoms with Crippen molar-refractivity contribution in [2.45, 2.75) is 0 Å². The second-order valence-corrected chi connectivity index (χ2v) is 6.60. The lowest BCUT2D eigenvalue weighted by molar-refractivity contribution is 1.72. The summed E-state index contributed by atoms with van der Waals surface area (Å²) in [6, 6.07) is 45.9. The first-order chi connectivity index (χ1) is 13.9. The summed E-state index contributed by atoms with van der Waals surface area (Å²) in [7, 11) is 0. The standard InChI is InChI=1S/C16H10.2C6H6/c1-3-11-7-9-13-5-2-6-14-10-8-12(4-1)15(11)16(13)14;2*1-2-4-6-5-3-1/h1-10H;2*1-6H. The minimum atomic E-state index is 1.34. The van der Waals surface area contributed by atoms with E-state index in [0.717, 1.165) is 0 Å². The molecule has 0 bridgehead atoms. The van der Waals surface area contributed by atoms with Crippen molar-refractivity contribution < 1.29 is 0 Å². The molecule has 0 amide bonds. The Balaban J connectivity index is 0.000000132. The number of hydrogen-bond acceptors (Lipinski definition) is 0. The van der Waals surface area contributed by atoms with Gasteiger partial charge in [-0.1, -0.05) is 133 Å². The molecule has 0 radical (unpaired) electrons. The quantitative estimate of drug-likeness (QED) is 0.242. The van der Waals surface area contributed by atoms with Crippen LogP contribution in [0.5, 0.6) is 0 Å². The van der Waals surface area contributed by atoms with Crippen molar-refractivity contribution in [1.29, 1.82) is 0 Å². The van der Waals surface area contributed by atoms with Gasteiger partial charge in [-0.3, -0.25) is 0 Å². The van der Waals surface area contributed by atoms with E-state index in [9.17, 15) is 0 Å². The molecule has 0 nitrogen and oxygen atoms in total. The SMILES string of the molecule is c1cc2ccc3cccc4ccc(c1)c2c34.c1ccccc1.c1ccccc1. The van der Waals surface area contributed by atoms with Crippen molar-refractivity contribution in [2.75, 3.05) is 0 Å². The second-order valence-electron chi connectivity index (χ2n) is 6.60. The van der Waals surface area contributed by atoms with Gasteiger partial charge in [-0.2, -0.15) is 0 Å². The predicted molar refractivity (Wildman–Crippen MR) is 123 cm³/mol. The van der Waals surface area contributed by atoms with Crippen LogP contribution in [-0.4, -0.2) is 0 Å². The molecule has 0 aliphatic carbocycles. The average molecular weight is 358 g/mol. The molecular weight excluding hydrogens is 336 g/mol. The van der Waals surface area contributed by atoms with Crippen LogP contribution in [0.25, 0.3) is 32.3 Å². The lowest BCUT2D eigenvalue weighted by Gasteiger charge is -2.09. The van der Waals surface area contributed by atoms with E-state index >= 15 is 0 Å². The zero-order valence-electron chi connectivity index (χ0n) is 15.7. The van der Waals surface area contributed by atoms with Gasteiger partial charge in [0.2, 0.25) is 0 Å². The molecule has 0 unspecified atom stereocenters. The summed E-state index contributed by atoms with van der Waals surface area (Å²) in [5, 5.41) is 8.14. The van der Waals surface area contributed by atoms with Crippen LogP contribution in [0.1, 0.15) is 0 Å². The fraction of sp³-hybridized carbons (Fsp3) is 0. The molecular formula is C28H22. The molecule has 0 N–H and O–H groups in total. The Morgan fingerprint density at radius 2 is 0.429 bits per heavy atom. The third-order valence-electron chi connectivity index (χ3n) is 4.73. The normalized spacial score (nSPS) is 10.1. The first-order valence-electron chi connectivity index (χ1n) is 9.56. The van der Waals surface area contributed by atoms with Crippen LogP contribution in [-0.2, 0) is 0 Å². The van der Waals surface area contributed by atoms with Crippen molar-refractivity contribution >= 4 is 32.3 Å². The Morgan fingerprint density at radius 1 is 0.214 bits per heavy atom. The maximum absolute atomic E-state index is 2.21. The van der Waals surface area contributed by atoms with Crippen LogP contribution in [0, 0.1) is 0 Å². The number of rotatable bonds is 0. The fourth-order valence-corrected chi connectivity index (χ4v) is 3.44. The van der Waals surface area contributed by atoms with E-state index in [1.54, 1.807) is 0 Å². The van der Waals surface area contributed by atoms with E-state index in [1.165, 1.54) is 32.3 Å². The summed E-state index contributed by atoms with van der Waals surface area (Å²) in [6.45, 7) is 0. The number of benzene rings is 6. The average Bonchev–Trinajstić information content (AvgIpc) is 2.81. The first kappa shape index (κ1) is 17.8. The minimum absolute atomic E-state index is 1.34. The first-order valence-corrected chi connectivity index (χ1v) is 9.56. The van der Waals surface area contributed by atoms with Crippen molar-refractivity contribution in [2.24, 2.45) is 0 Å². The third kappa shape index (κ3) is 4.02. The maximum Gasteiger partial charge on any atom is -0.00268 e. The molecule has 28 heavy (non-hydrogen) atoms. The van der Waals surface area contributed by atoms with Gasteiger partial charge in [0.15, 0.2) is 0 Å². The molecule has 134 valence electrons. The Kier molecular flexibility index (Phi) is 5.60. The van der Waals surface area contributed by atoms with Crippen molar-refractivity contribution in [3.8, 4) is 0 Å².